The Morgan fingerprint density at radius 1 is 1.00 bits per heavy atom. The molecule has 45 heavy (non-hydrogen) atoms. The fourth-order valence-corrected chi connectivity index (χ4v) is 4.48. The molecule has 4 rings (SSSR count). The number of carbonyl (C=O) groups is 1. The molecule has 0 bridgehead atoms. The fraction of sp³-hybridized carbons (Fsp3) is 0.241. The minimum atomic E-state index is -5.84. The Morgan fingerprint density at radius 2 is 1.64 bits per heavy atom. The van der Waals surface area contributed by atoms with Gasteiger partial charge in [-0.25, -0.2) is 20.1 Å². The first-order chi connectivity index (χ1) is 21.3. The maximum Gasteiger partial charge on any atom is 0.499 e. The summed E-state index contributed by atoms with van der Waals surface area (Å²) >= 11 is 1.03. The third-order valence-electron chi connectivity index (χ3n) is 6.12. The van der Waals surface area contributed by atoms with Crippen LogP contribution in [0.3, 0.4) is 0 Å². The second-order valence-electron chi connectivity index (χ2n) is 9.51. The summed E-state index contributed by atoms with van der Waals surface area (Å²) in [5, 5.41) is 13.9. The van der Waals surface area contributed by atoms with Crippen LogP contribution in [-0.2, 0) is 11.3 Å². The molecule has 0 unspecified atom stereocenters. The van der Waals surface area contributed by atoms with Crippen molar-refractivity contribution in [3.63, 3.8) is 0 Å². The molecule has 1 aromatic heterocycles. The molecule has 238 valence electrons. The Hall–Kier alpha value is -4.70. The van der Waals surface area contributed by atoms with E-state index in [1.165, 1.54) is 23.1 Å². The molecule has 0 atom stereocenters. The number of aromatic nitrogens is 3. The molecule has 0 saturated carbocycles. The number of hydrogen-bond acceptors (Lipinski definition) is 8. The van der Waals surface area contributed by atoms with Gasteiger partial charge < -0.3 is 14.6 Å². The number of methoxy groups -OCH3 is 1. The Balaban J connectivity index is 1.38. The molecule has 0 aliphatic carbocycles. The number of benzene rings is 3. The van der Waals surface area contributed by atoms with Crippen molar-refractivity contribution in [1.29, 1.82) is 0 Å². The third kappa shape index (κ3) is 8.69. The van der Waals surface area contributed by atoms with Gasteiger partial charge in [0.05, 0.1) is 24.2 Å². The molecule has 10 nitrogen and oxygen atoms in total. The second-order valence-corrected chi connectivity index (χ2v) is 10.5. The van der Waals surface area contributed by atoms with Gasteiger partial charge in [0.2, 0.25) is 0 Å². The number of hydrogen-bond donors (Lipinski definition) is 3. The molecule has 1 heterocycles. The molecule has 0 fully saturated rings. The van der Waals surface area contributed by atoms with Crippen LogP contribution in [0.4, 0.5) is 27.6 Å². The largest absolute Gasteiger partial charge is 0.499 e. The van der Waals surface area contributed by atoms with Gasteiger partial charge in [-0.05, 0) is 66.9 Å². The van der Waals surface area contributed by atoms with Crippen LogP contribution in [0.1, 0.15) is 16.7 Å². The van der Waals surface area contributed by atoms with E-state index in [0.29, 0.717) is 40.2 Å². The van der Waals surface area contributed by atoms with Gasteiger partial charge in [0.25, 0.3) is 0 Å². The Bertz CT molecular complexity index is 1640. The number of amidine groups is 1. The molecule has 0 aliphatic rings. The van der Waals surface area contributed by atoms with Crippen molar-refractivity contribution >= 4 is 28.6 Å². The zero-order valence-electron chi connectivity index (χ0n) is 24.0. The fourth-order valence-electron chi connectivity index (χ4n) is 3.92. The number of thioether (sulfide) groups is 1. The van der Waals surface area contributed by atoms with Crippen LogP contribution >= 0.6 is 11.8 Å². The smallest absolute Gasteiger partial charge is 0.497 e. The first-order valence-corrected chi connectivity index (χ1v) is 14.1. The predicted molar refractivity (Wildman–Crippen MR) is 158 cm³/mol. The number of aliphatic carboxylic acids is 1. The summed E-state index contributed by atoms with van der Waals surface area (Å²) in [5.74, 6) is -0.795. The van der Waals surface area contributed by atoms with E-state index in [4.69, 9.17) is 9.84 Å². The summed E-state index contributed by atoms with van der Waals surface area (Å²) < 4.78 is 73.9. The number of nitrogens with zero attached hydrogens (tertiary/aromatic N) is 4. The summed E-state index contributed by atoms with van der Waals surface area (Å²) in [6.45, 7) is 4.13. The van der Waals surface area contributed by atoms with Crippen LogP contribution in [0.5, 0.6) is 11.5 Å². The monoisotopic (exact) mass is 650 g/mol. The molecular weight excluding hydrogens is 623 g/mol. The van der Waals surface area contributed by atoms with E-state index >= 15 is 0 Å². The van der Waals surface area contributed by atoms with Crippen LogP contribution in [0.2, 0.25) is 0 Å². The molecule has 0 spiro atoms. The molecule has 0 radical (unpaired) electrons. The van der Waals surface area contributed by atoms with Crippen molar-refractivity contribution in [1.82, 2.24) is 25.6 Å². The lowest BCUT2D eigenvalue weighted by atomic mass is 10.1. The van der Waals surface area contributed by atoms with Crippen LogP contribution in [0.25, 0.3) is 17.1 Å². The number of hydrazine groups is 1. The van der Waals surface area contributed by atoms with Gasteiger partial charge in [-0.1, -0.05) is 36.0 Å². The van der Waals surface area contributed by atoms with E-state index in [-0.39, 0.29) is 5.75 Å². The van der Waals surface area contributed by atoms with Crippen LogP contribution in [0.15, 0.2) is 72.0 Å². The lowest BCUT2D eigenvalue weighted by molar-refractivity contribution is -0.360. The number of nitrogens with one attached hydrogen (secondary N) is 2. The van der Waals surface area contributed by atoms with Gasteiger partial charge in [-0.2, -0.15) is 22.0 Å². The molecule has 0 amide bonds. The summed E-state index contributed by atoms with van der Waals surface area (Å²) in [6.07, 6.45) is -9.79. The van der Waals surface area contributed by atoms with Gasteiger partial charge in [-0.15, -0.1) is 5.10 Å². The van der Waals surface area contributed by atoms with E-state index in [0.717, 1.165) is 40.6 Å². The molecule has 3 N–H and O–H groups in total. The van der Waals surface area contributed by atoms with Gasteiger partial charge in [0, 0.05) is 12.1 Å². The van der Waals surface area contributed by atoms with Gasteiger partial charge >= 0.3 is 18.3 Å². The van der Waals surface area contributed by atoms with E-state index in [1.54, 1.807) is 19.2 Å². The average molecular weight is 651 g/mol. The van der Waals surface area contributed by atoms with Gasteiger partial charge in [-0.3, -0.25) is 10.2 Å². The number of carboxylic acid groups (broad SMARTS) is 1. The molecule has 3 aromatic carbocycles. The van der Waals surface area contributed by atoms with Gasteiger partial charge in [0.1, 0.15) is 17.8 Å². The minimum Gasteiger partial charge on any atom is -0.497 e. The molecule has 0 saturated heterocycles. The minimum absolute atomic E-state index is 0.192. The Kier molecular flexibility index (Phi) is 10.3. The highest BCUT2D eigenvalue weighted by atomic mass is 32.2. The van der Waals surface area contributed by atoms with Crippen molar-refractivity contribution < 1.29 is 41.3 Å². The van der Waals surface area contributed by atoms with Crippen molar-refractivity contribution in [3.8, 4) is 28.6 Å². The van der Waals surface area contributed by atoms with Crippen molar-refractivity contribution in [2.75, 3.05) is 12.9 Å². The Labute approximate surface area is 258 Å². The number of aryl methyl sites for hydroxylation is 2. The standard InChI is InChI=1S/C29H27F5N6O4S/c1-17-12-23(43-3)13-18(2)25(17)37-27(45-15-24(41)42)38-36-14-19-4-6-20(7-5-19)26-35-16-40(39-26)21-8-10-22(11-9-21)44-29(33,34)28(30,31)32/h4-13,16,36H,14-15H2,1-3H3,(H,37,38)(H,41,42). The zero-order valence-corrected chi connectivity index (χ0v) is 24.8. The predicted octanol–water partition coefficient (Wildman–Crippen LogP) is 6.19. The number of halogens is 5. The van der Waals surface area contributed by atoms with E-state index in [1.807, 2.05) is 38.1 Å². The molecule has 0 aliphatic heterocycles. The van der Waals surface area contributed by atoms with Crippen molar-refractivity contribution in [2.45, 2.75) is 32.7 Å². The maximum absolute atomic E-state index is 13.1. The van der Waals surface area contributed by atoms with E-state index < -0.39 is 24.0 Å². The molecule has 16 heteroatoms. The number of ether oxygens (including phenoxy) is 2. The van der Waals surface area contributed by atoms with Crippen LogP contribution in [0, 0.1) is 13.8 Å². The Morgan fingerprint density at radius 3 is 2.22 bits per heavy atom. The first kappa shape index (κ1) is 33.2. The highest BCUT2D eigenvalue weighted by Gasteiger charge is 2.61. The summed E-state index contributed by atoms with van der Waals surface area (Å²) in [5.41, 5.74) is 10.4. The number of alkyl halides is 5. The first-order valence-electron chi connectivity index (χ1n) is 13.1. The third-order valence-corrected chi connectivity index (χ3v) is 6.97. The maximum atomic E-state index is 13.1. The number of carboxylic acids is 1. The zero-order chi connectivity index (χ0) is 32.8. The highest BCUT2D eigenvalue weighted by molar-refractivity contribution is 8.14. The number of aliphatic imine (C=N–C) groups is 1. The van der Waals surface area contributed by atoms with E-state index in [2.05, 4.69) is 30.7 Å². The molecular formula is C29H27F5N6O4S. The van der Waals surface area contributed by atoms with Crippen molar-refractivity contribution in [3.05, 3.63) is 83.7 Å². The van der Waals surface area contributed by atoms with E-state index in [9.17, 15) is 26.7 Å². The second kappa shape index (κ2) is 13.9. The topological polar surface area (TPSA) is 123 Å². The van der Waals surface area contributed by atoms with Gasteiger partial charge in [0.15, 0.2) is 11.0 Å². The lowest BCUT2D eigenvalue weighted by Gasteiger charge is -2.20. The lowest BCUT2D eigenvalue weighted by Crippen LogP contribution is -2.41. The van der Waals surface area contributed by atoms with Crippen molar-refractivity contribution in [2.24, 2.45) is 4.99 Å². The van der Waals surface area contributed by atoms with Crippen LogP contribution < -0.4 is 20.3 Å². The quantitative estimate of drug-likeness (QED) is 0.0755. The summed E-state index contributed by atoms with van der Waals surface area (Å²) in [4.78, 5) is 20.0. The van der Waals surface area contributed by atoms with Crippen LogP contribution in [-0.4, -0.2) is 56.2 Å². The number of rotatable bonds is 11. The molecule has 4 aromatic rings. The normalized spacial score (nSPS) is 12.2. The highest BCUT2D eigenvalue weighted by Crippen LogP contribution is 2.37. The summed E-state index contributed by atoms with van der Waals surface area (Å²) in [6, 6.07) is 15.4. The SMILES string of the molecule is COc1cc(C)c(N=C(NNCc2ccc(-c3ncn(-c4ccc(OC(F)(F)C(F)(F)F)cc4)n3)cc2)SCC(=O)O)c(C)c1. The summed E-state index contributed by atoms with van der Waals surface area (Å²) in [7, 11) is 1.58. The average Bonchev–Trinajstić information content (AvgIpc) is 3.47.